The summed E-state index contributed by atoms with van der Waals surface area (Å²) in [6.07, 6.45) is 6.21. The predicted molar refractivity (Wildman–Crippen MR) is 349 cm³/mol. The van der Waals surface area contributed by atoms with Crippen LogP contribution in [-0.2, 0) is 33.0 Å². The van der Waals surface area contributed by atoms with Crippen molar-refractivity contribution >= 4 is 148 Å². The number of halogens is 3. The number of nitrogen functional groups attached to an aromatic ring is 1. The van der Waals surface area contributed by atoms with E-state index in [1.807, 2.05) is 18.2 Å². The number of anilines is 6. The van der Waals surface area contributed by atoms with Gasteiger partial charge < -0.3 is 30.0 Å². The van der Waals surface area contributed by atoms with Gasteiger partial charge in [0.15, 0.2) is 0 Å². The fourth-order valence-electron chi connectivity index (χ4n) is 8.04. The first-order valence-electron chi connectivity index (χ1n) is 27.5. The van der Waals surface area contributed by atoms with Gasteiger partial charge in [0.1, 0.15) is 32.4 Å². The van der Waals surface area contributed by atoms with Crippen LogP contribution in [0.25, 0.3) is 42.9 Å². The van der Waals surface area contributed by atoms with Crippen LogP contribution in [0, 0.1) is 0 Å². The third kappa shape index (κ3) is 17.1. The summed E-state index contributed by atoms with van der Waals surface area (Å²) < 4.78 is 27.6. The van der Waals surface area contributed by atoms with E-state index in [1.165, 1.54) is 50.6 Å². The topological polar surface area (TPSA) is 307 Å². The van der Waals surface area contributed by atoms with Crippen molar-refractivity contribution < 1.29 is 47.7 Å². The molecule has 10 rings (SSSR count). The van der Waals surface area contributed by atoms with E-state index in [9.17, 15) is 28.8 Å². The number of aryl methyl sites for hydroxylation is 2. The molecule has 0 unspecified atom stereocenters. The molecule has 6 aromatic heterocycles. The highest BCUT2D eigenvalue weighted by Crippen LogP contribution is 2.43. The largest absolute Gasteiger partial charge is 0.443 e. The monoisotopic (exact) mass is 1340 g/mol. The van der Waals surface area contributed by atoms with E-state index in [4.69, 9.17) is 59.5 Å². The molecular formula is C60H63Cl3N16O10S2. The molecule has 31 heteroatoms. The van der Waals surface area contributed by atoms with Crippen LogP contribution < -0.4 is 20.9 Å². The highest BCUT2D eigenvalue weighted by molar-refractivity contribution is 7.19. The van der Waals surface area contributed by atoms with Crippen molar-refractivity contribution in [3.8, 4) is 21.1 Å². The molecule has 0 radical (unpaired) electrons. The number of carbonyl (C=O) groups is 6. The molecule has 0 aliphatic heterocycles. The normalized spacial score (nSPS) is 11.7. The van der Waals surface area contributed by atoms with Gasteiger partial charge >= 0.3 is 24.4 Å². The van der Waals surface area contributed by atoms with Crippen molar-refractivity contribution in [2.24, 2.45) is 14.1 Å². The average Bonchev–Trinajstić information content (AvgIpc) is 1.61. The summed E-state index contributed by atoms with van der Waals surface area (Å²) in [6.45, 7) is 21.1. The van der Waals surface area contributed by atoms with E-state index >= 15 is 0 Å². The van der Waals surface area contributed by atoms with E-state index in [-0.39, 0.29) is 31.9 Å². The fourth-order valence-corrected chi connectivity index (χ4v) is 10.4. The van der Waals surface area contributed by atoms with Crippen LogP contribution in [0.5, 0.6) is 0 Å². The molecule has 0 aliphatic rings. The molecule has 10 aromatic rings. The first-order chi connectivity index (χ1) is 42.5. The average molecular weight is 1340 g/mol. The fraction of sp³-hybridized carbons (Fsp3) is 0.300. The summed E-state index contributed by atoms with van der Waals surface area (Å²) in [5.41, 5.74) is 7.61. The Morgan fingerprint density at radius 2 is 0.945 bits per heavy atom. The Labute approximate surface area is 544 Å². The number of benzene rings is 4. The standard InChI is InChI=1S/C30H31ClN8O5S.C25H27ClN6O4S.C5H5ClN2O/c1-29(2,3)43-27(41)38(22-12-11-21-20(23(22)31)15-33-39(21)28(42)44-30(4,5)6)26-36-35-25(45-26)17-9-8-10-19(13-17)34-24(40)18-14-32-37(7)16-18;1-24(2,3)35-22(33)31(21-30-29-20(37-21)14-8-7-9-15(27)12-14)18-11-10-17-16(19(18)26)13-28-32(17)23(34)36-25(4,5)6;1-8-3-4(2-7-8)5(6)9/h8-16H,1-7H3,(H,34,40);7-13H,27H2,1-6H3;2-3H,1H3. The van der Waals surface area contributed by atoms with E-state index in [2.05, 4.69) is 46.1 Å². The van der Waals surface area contributed by atoms with Gasteiger partial charge in [0.05, 0.1) is 68.4 Å². The van der Waals surface area contributed by atoms with Crippen molar-refractivity contribution in [2.75, 3.05) is 20.9 Å². The first kappa shape index (κ1) is 67.6. The Bertz CT molecular complexity index is 4370. The number of ether oxygens (including phenoxy) is 4. The maximum Gasteiger partial charge on any atom is 0.435 e. The van der Waals surface area contributed by atoms with Gasteiger partial charge in [0.2, 0.25) is 10.3 Å². The lowest BCUT2D eigenvalue weighted by atomic mass is 10.2. The van der Waals surface area contributed by atoms with Crippen LogP contribution in [0.3, 0.4) is 0 Å². The van der Waals surface area contributed by atoms with E-state index in [1.54, 1.807) is 169 Å². The SMILES string of the molecule is CC(C)(C)OC(=O)N(c1nnc(-c2cccc(N)c2)s1)c1ccc2c(cnn2C(=O)OC(C)(C)C)c1Cl.Cn1cc(C(=O)Cl)cn1.Cn1cc(C(=O)Nc2cccc(-c3nnc(N(C(=O)OC(C)(C)C)c4ccc5c(cnn5C(=O)OC(C)(C)C)c4Cl)s3)c2)cn1. The third-order valence-electron chi connectivity index (χ3n) is 11.7. The molecule has 0 saturated carbocycles. The lowest BCUT2D eigenvalue weighted by molar-refractivity contribution is 0.0511. The number of aromatic nitrogens is 12. The zero-order chi connectivity index (χ0) is 66.7. The minimum absolute atomic E-state index is 0.144. The molecule has 91 heavy (non-hydrogen) atoms. The summed E-state index contributed by atoms with van der Waals surface area (Å²) in [6, 6.07) is 20.7. The highest BCUT2D eigenvalue weighted by atomic mass is 35.5. The van der Waals surface area contributed by atoms with E-state index in [0.29, 0.717) is 65.6 Å². The number of nitrogens with two attached hydrogens (primary N) is 1. The van der Waals surface area contributed by atoms with E-state index in [0.717, 1.165) is 26.3 Å². The Balaban J connectivity index is 0.000000209. The predicted octanol–water partition coefficient (Wildman–Crippen LogP) is 14.5. The van der Waals surface area contributed by atoms with Gasteiger partial charge in [0.25, 0.3) is 11.1 Å². The molecule has 4 aromatic carbocycles. The summed E-state index contributed by atoms with van der Waals surface area (Å²) in [5.74, 6) is -0.311. The number of hydrogen-bond acceptors (Lipinski definition) is 21. The summed E-state index contributed by atoms with van der Waals surface area (Å²) in [7, 11) is 3.45. The second-order valence-electron chi connectivity index (χ2n) is 23.9. The molecule has 0 saturated heterocycles. The molecule has 0 bridgehead atoms. The van der Waals surface area contributed by atoms with Crippen LogP contribution >= 0.6 is 57.5 Å². The van der Waals surface area contributed by atoms with Gasteiger partial charge in [-0.15, -0.1) is 20.4 Å². The van der Waals surface area contributed by atoms with Crippen LogP contribution in [0.4, 0.5) is 52.2 Å². The van der Waals surface area contributed by atoms with Gasteiger partial charge in [-0.3, -0.25) is 19.0 Å². The van der Waals surface area contributed by atoms with Crippen molar-refractivity contribution in [3.05, 3.63) is 131 Å². The molecule has 3 N–H and O–H groups in total. The second kappa shape index (κ2) is 27.0. The summed E-state index contributed by atoms with van der Waals surface area (Å²) in [4.78, 5) is 77.9. The van der Waals surface area contributed by atoms with Crippen LogP contribution in [0.15, 0.2) is 110 Å². The van der Waals surface area contributed by atoms with Crippen LogP contribution in [0.1, 0.15) is 104 Å². The van der Waals surface area contributed by atoms with Crippen molar-refractivity contribution in [3.63, 3.8) is 0 Å². The number of carbonyl (C=O) groups excluding carboxylic acids is 6. The zero-order valence-corrected chi connectivity index (χ0v) is 55.7. The van der Waals surface area contributed by atoms with Crippen molar-refractivity contribution in [1.82, 2.24) is 59.5 Å². The maximum atomic E-state index is 13.6. The number of amides is 3. The number of rotatable bonds is 9. The number of hydrogen-bond donors (Lipinski definition) is 2. The second-order valence-corrected chi connectivity index (χ2v) is 26.9. The molecule has 0 spiro atoms. The summed E-state index contributed by atoms with van der Waals surface area (Å²) >= 11 is 21.1. The Kier molecular flexibility index (Phi) is 20.1. The third-order valence-corrected chi connectivity index (χ3v) is 14.6. The van der Waals surface area contributed by atoms with Gasteiger partial charge in [0, 0.05) is 59.8 Å². The maximum absolute atomic E-state index is 13.6. The van der Waals surface area contributed by atoms with Gasteiger partial charge in [-0.05, 0) is 143 Å². The lowest BCUT2D eigenvalue weighted by Crippen LogP contribution is -2.34. The molecule has 476 valence electrons. The molecule has 3 amide bonds. The molecule has 26 nitrogen and oxygen atoms in total. The zero-order valence-electron chi connectivity index (χ0n) is 51.8. The van der Waals surface area contributed by atoms with Crippen molar-refractivity contribution in [2.45, 2.75) is 105 Å². The van der Waals surface area contributed by atoms with E-state index < -0.39 is 52.0 Å². The lowest BCUT2D eigenvalue weighted by Gasteiger charge is -2.26. The van der Waals surface area contributed by atoms with Crippen LogP contribution in [0.2, 0.25) is 10.0 Å². The number of fused-ring (bicyclic) bond motifs is 2. The minimum Gasteiger partial charge on any atom is -0.443 e. The number of nitrogens with one attached hydrogen (secondary N) is 1. The molecule has 0 fully saturated rings. The van der Waals surface area contributed by atoms with Gasteiger partial charge in [-0.2, -0.15) is 29.8 Å². The van der Waals surface area contributed by atoms with Gasteiger partial charge in [-0.1, -0.05) is 70.1 Å². The molecular weight excluding hydrogens is 1280 g/mol. The van der Waals surface area contributed by atoms with Crippen molar-refractivity contribution in [1.29, 1.82) is 0 Å². The number of nitrogens with zero attached hydrogens (tertiary/aromatic N) is 14. The van der Waals surface area contributed by atoms with Crippen LogP contribution in [-0.4, -0.2) is 117 Å². The van der Waals surface area contributed by atoms with Gasteiger partial charge in [-0.25, -0.2) is 29.0 Å². The first-order valence-corrected chi connectivity index (χ1v) is 30.3. The molecule has 0 atom stereocenters. The Morgan fingerprint density at radius 3 is 1.33 bits per heavy atom. The quantitative estimate of drug-likeness (QED) is 0.0770. The Morgan fingerprint density at radius 1 is 0.527 bits per heavy atom. The molecule has 0 aliphatic carbocycles. The minimum atomic E-state index is -0.832. The summed E-state index contributed by atoms with van der Waals surface area (Å²) in [5, 5.41) is 38.2. The smallest absolute Gasteiger partial charge is 0.435 e. The highest BCUT2D eigenvalue weighted by Gasteiger charge is 2.34. The molecule has 6 heterocycles. The Hall–Kier alpha value is -9.35.